The van der Waals surface area contributed by atoms with Crippen LogP contribution in [0.3, 0.4) is 0 Å². The summed E-state index contributed by atoms with van der Waals surface area (Å²) in [4.78, 5) is 24.0. The minimum Gasteiger partial charge on any atom is -0.458 e. The van der Waals surface area contributed by atoms with Crippen LogP contribution in [0.25, 0.3) is 0 Å². The van der Waals surface area contributed by atoms with Gasteiger partial charge in [-0.1, -0.05) is 19.9 Å². The molecule has 3 saturated carbocycles. The van der Waals surface area contributed by atoms with Crippen molar-refractivity contribution in [1.82, 2.24) is 0 Å². The Kier molecular flexibility index (Phi) is 7.94. The van der Waals surface area contributed by atoms with Gasteiger partial charge in [-0.05, 0) is 73.0 Å². The van der Waals surface area contributed by atoms with Gasteiger partial charge < -0.3 is 49.3 Å². The molecule has 0 spiro atoms. The van der Waals surface area contributed by atoms with Crippen LogP contribution in [-0.2, 0) is 19.0 Å². The molecule has 44 heavy (non-hydrogen) atoms. The van der Waals surface area contributed by atoms with Gasteiger partial charge in [0.15, 0.2) is 6.29 Å². The van der Waals surface area contributed by atoms with Gasteiger partial charge in [0.2, 0.25) is 0 Å². The smallest absolute Gasteiger partial charge is 0.335 e. The molecule has 5 aliphatic rings. The number of rotatable bonds is 5. The first-order chi connectivity index (χ1) is 20.7. The van der Waals surface area contributed by atoms with Gasteiger partial charge in [-0.15, -0.1) is 0 Å². The number of hydrogen-bond acceptors (Lipinski definition) is 12. The third-order valence-corrected chi connectivity index (χ3v) is 11.9. The van der Waals surface area contributed by atoms with Crippen LogP contribution in [0.4, 0.5) is 0 Å². The first kappa shape index (κ1) is 31.8. The summed E-state index contributed by atoms with van der Waals surface area (Å²) in [6, 6.07) is 3.10. The molecule has 0 radical (unpaired) electrons. The second-order valence-corrected chi connectivity index (χ2v) is 14.0. The summed E-state index contributed by atoms with van der Waals surface area (Å²) in [5.74, 6) is -1.06. The minimum atomic E-state index is -1.60. The number of carbonyl (C=O) groups excluding carboxylic acids is 1. The van der Waals surface area contributed by atoms with Crippen molar-refractivity contribution in [3.63, 3.8) is 0 Å². The lowest BCUT2D eigenvalue weighted by atomic mass is 9.42. The molecule has 1 aromatic heterocycles. The maximum Gasteiger partial charge on any atom is 0.335 e. The Bertz CT molecular complexity index is 1340. The Morgan fingerprint density at radius 1 is 1.02 bits per heavy atom. The highest BCUT2D eigenvalue weighted by molar-refractivity contribution is 5.66. The summed E-state index contributed by atoms with van der Waals surface area (Å²) < 4.78 is 22.6. The monoisotopic (exact) mass is 620 g/mol. The Balaban J connectivity index is 1.33. The molecule has 1 aliphatic heterocycles. The van der Waals surface area contributed by atoms with E-state index in [1.165, 1.54) is 19.3 Å². The average molecular weight is 621 g/mol. The maximum atomic E-state index is 12.8. The van der Waals surface area contributed by atoms with E-state index >= 15 is 0 Å². The van der Waals surface area contributed by atoms with E-state index in [1.807, 2.05) is 19.9 Å². The van der Waals surface area contributed by atoms with Crippen molar-refractivity contribution in [2.75, 3.05) is 6.61 Å². The molecule has 1 aromatic rings. The molecule has 13 atom stereocenters. The Morgan fingerprint density at radius 2 is 1.77 bits per heavy atom. The van der Waals surface area contributed by atoms with Gasteiger partial charge >= 0.3 is 11.6 Å². The number of aliphatic hydroxyl groups excluding tert-OH is 4. The van der Waals surface area contributed by atoms with Crippen LogP contribution in [0, 0.1) is 16.7 Å². The molecule has 2 unspecified atom stereocenters. The Hall–Kier alpha value is -2.16. The van der Waals surface area contributed by atoms with Crippen LogP contribution in [0.1, 0.15) is 77.2 Å². The summed E-state index contributed by atoms with van der Waals surface area (Å²) in [5.41, 5.74) is -3.41. The van der Waals surface area contributed by atoms with Crippen LogP contribution in [0.5, 0.6) is 0 Å². The number of hydrogen-bond donors (Lipinski definition) is 6. The van der Waals surface area contributed by atoms with E-state index < -0.39 is 83.1 Å². The molecule has 0 aromatic carbocycles. The average Bonchev–Trinajstić information content (AvgIpc) is 3.26. The van der Waals surface area contributed by atoms with Crippen LogP contribution < -0.4 is 5.63 Å². The summed E-state index contributed by atoms with van der Waals surface area (Å²) in [5, 5.41) is 65.9. The zero-order chi connectivity index (χ0) is 31.8. The van der Waals surface area contributed by atoms with E-state index in [0.717, 1.165) is 11.1 Å². The molecule has 12 heteroatoms. The number of carbonyl (C=O) groups is 1. The predicted molar refractivity (Wildman–Crippen MR) is 152 cm³/mol. The summed E-state index contributed by atoms with van der Waals surface area (Å²) in [7, 11) is 0. The quantitative estimate of drug-likeness (QED) is 0.199. The second kappa shape index (κ2) is 11.0. The second-order valence-electron chi connectivity index (χ2n) is 14.0. The molecule has 0 amide bonds. The largest absolute Gasteiger partial charge is 0.458 e. The van der Waals surface area contributed by atoms with Gasteiger partial charge in [0.25, 0.3) is 0 Å². The number of ether oxygens (including phenoxy) is 3. The minimum absolute atomic E-state index is 0.0197. The standard InChI is InChI=1S/C32H44O12/c1-16(34)42-21-13-31(39)23(8-10-30(3)19(7-11-32(30,31)40)17-4-5-24(35)41-15-17)29(2)9-6-18(12-20(21)29)43-28-27(38)26(37)25(36)22(14-33)44-28/h4-5,12,15,18-19,21-23,25-28,33,36-40H,6-11,13-14H2,1-3H3/t18?,19-,21?,22-,23-,25-,26+,27-,28-,29+,30-,31+,32-/m1/s1. The van der Waals surface area contributed by atoms with Crippen LogP contribution in [0.15, 0.2) is 39.3 Å². The van der Waals surface area contributed by atoms with Crippen molar-refractivity contribution >= 4 is 5.97 Å². The summed E-state index contributed by atoms with van der Waals surface area (Å²) in [6.07, 6.45) is -2.23. The molecule has 0 bridgehead atoms. The predicted octanol–water partition coefficient (Wildman–Crippen LogP) is 0.643. The lowest BCUT2D eigenvalue weighted by Crippen LogP contribution is -2.73. The van der Waals surface area contributed by atoms with Gasteiger partial charge in [0, 0.05) is 24.8 Å². The summed E-state index contributed by atoms with van der Waals surface area (Å²) >= 11 is 0. The fourth-order valence-electron chi connectivity index (χ4n) is 9.64. The number of aliphatic hydroxyl groups is 6. The summed E-state index contributed by atoms with van der Waals surface area (Å²) in [6.45, 7) is 4.74. The highest BCUT2D eigenvalue weighted by Gasteiger charge is 2.75. The zero-order valence-corrected chi connectivity index (χ0v) is 25.3. The van der Waals surface area contributed by atoms with Crippen molar-refractivity contribution in [1.29, 1.82) is 0 Å². The highest BCUT2D eigenvalue weighted by Crippen LogP contribution is 2.71. The van der Waals surface area contributed by atoms with Gasteiger partial charge in [0.05, 0.1) is 24.6 Å². The Morgan fingerprint density at radius 3 is 2.43 bits per heavy atom. The molecule has 4 fully saturated rings. The Labute approximate surface area is 255 Å². The van der Waals surface area contributed by atoms with Crippen molar-refractivity contribution in [2.24, 2.45) is 16.7 Å². The molecule has 6 N–H and O–H groups in total. The van der Waals surface area contributed by atoms with Gasteiger partial charge in [0.1, 0.15) is 36.1 Å². The molecular weight excluding hydrogens is 576 g/mol. The van der Waals surface area contributed by atoms with E-state index in [0.29, 0.717) is 38.5 Å². The third kappa shape index (κ3) is 4.56. The van der Waals surface area contributed by atoms with Crippen LogP contribution in [-0.4, -0.2) is 97.3 Å². The topological polar surface area (TPSA) is 196 Å². The molecule has 12 nitrogen and oxygen atoms in total. The van der Waals surface area contributed by atoms with E-state index in [1.54, 1.807) is 6.07 Å². The first-order valence-corrected chi connectivity index (χ1v) is 15.6. The van der Waals surface area contributed by atoms with Gasteiger partial charge in [-0.2, -0.15) is 0 Å². The normalized spacial score (nSPS) is 48.5. The molecule has 1 saturated heterocycles. The lowest BCUT2D eigenvalue weighted by molar-refractivity contribution is -0.310. The van der Waals surface area contributed by atoms with Crippen LogP contribution in [0.2, 0.25) is 0 Å². The van der Waals surface area contributed by atoms with E-state index in [9.17, 15) is 40.2 Å². The van der Waals surface area contributed by atoms with Crippen molar-refractivity contribution in [3.05, 3.63) is 46.0 Å². The van der Waals surface area contributed by atoms with E-state index in [4.69, 9.17) is 18.6 Å². The molecule has 2 heterocycles. The highest BCUT2D eigenvalue weighted by atomic mass is 16.7. The fourth-order valence-corrected chi connectivity index (χ4v) is 9.64. The molecule has 6 rings (SSSR count). The van der Waals surface area contributed by atoms with Crippen LogP contribution >= 0.6 is 0 Å². The zero-order valence-electron chi connectivity index (χ0n) is 25.3. The first-order valence-electron chi connectivity index (χ1n) is 15.6. The van der Waals surface area contributed by atoms with Gasteiger partial charge in [-0.3, -0.25) is 4.79 Å². The van der Waals surface area contributed by atoms with Gasteiger partial charge in [-0.25, -0.2) is 4.79 Å². The van der Waals surface area contributed by atoms with Crippen molar-refractivity contribution < 1.29 is 54.1 Å². The molecule has 4 aliphatic carbocycles. The number of fused-ring (bicyclic) bond motifs is 5. The lowest BCUT2D eigenvalue weighted by Gasteiger charge is -2.66. The van der Waals surface area contributed by atoms with Crippen molar-refractivity contribution in [2.45, 2.75) is 126 Å². The van der Waals surface area contributed by atoms with E-state index in [2.05, 4.69) is 0 Å². The maximum absolute atomic E-state index is 12.8. The number of esters is 1. The fraction of sp³-hybridized carbons (Fsp3) is 0.750. The molecular formula is C32H44O12. The molecule has 244 valence electrons. The van der Waals surface area contributed by atoms with E-state index in [-0.39, 0.29) is 18.3 Å². The SMILES string of the molecule is CC(=O)OC1C[C@]2(O)[C@H](CC[C@]3(C)[C@@H](c4ccc(=O)oc4)CC[C@@]32O)[C@@]2(C)CCC(O[C@@H]3O[C@H](CO)[C@@H](O)[C@H](O)[C@H]3O)C=C12. The third-order valence-electron chi connectivity index (χ3n) is 11.9. The van der Waals surface area contributed by atoms with Crippen molar-refractivity contribution in [3.8, 4) is 0 Å².